The van der Waals surface area contributed by atoms with Gasteiger partial charge in [0.15, 0.2) is 0 Å². The van der Waals surface area contributed by atoms with Crippen LogP contribution in [0.1, 0.15) is 19.4 Å². The summed E-state index contributed by atoms with van der Waals surface area (Å²) in [5.41, 5.74) is 1.28. The maximum atomic E-state index is 12.4. The molecule has 0 bridgehead atoms. The van der Waals surface area contributed by atoms with Crippen LogP contribution in [-0.2, 0) is 10.5 Å². The molecule has 2 rings (SSSR count). The van der Waals surface area contributed by atoms with E-state index in [9.17, 15) is 4.79 Å². The first-order valence-corrected chi connectivity index (χ1v) is 7.90. The minimum Gasteiger partial charge on any atom is -0.336 e. The van der Waals surface area contributed by atoms with E-state index in [4.69, 9.17) is 0 Å². The third-order valence-electron chi connectivity index (χ3n) is 3.47. The van der Waals surface area contributed by atoms with Gasteiger partial charge >= 0.3 is 0 Å². The standard InChI is InChI=1S/C15H22N2OS.ClH/c1-12-10-16-8-9-17(12)15(18)13(2)19-11-14-6-4-3-5-7-14;/h3-7,12-13,16H,8-11H2,1-2H3;1H. The first kappa shape index (κ1) is 17.3. The Labute approximate surface area is 131 Å². The van der Waals surface area contributed by atoms with Crippen LogP contribution in [0.15, 0.2) is 30.3 Å². The summed E-state index contributed by atoms with van der Waals surface area (Å²) in [4.78, 5) is 14.4. The van der Waals surface area contributed by atoms with E-state index < -0.39 is 0 Å². The number of halogens is 1. The van der Waals surface area contributed by atoms with Crippen molar-refractivity contribution in [1.29, 1.82) is 0 Å². The molecule has 3 nitrogen and oxygen atoms in total. The molecule has 2 unspecified atom stereocenters. The van der Waals surface area contributed by atoms with Crippen molar-refractivity contribution >= 4 is 30.1 Å². The molecule has 1 aromatic carbocycles. The molecule has 1 heterocycles. The van der Waals surface area contributed by atoms with Crippen molar-refractivity contribution < 1.29 is 4.79 Å². The molecule has 1 aliphatic heterocycles. The number of hydrogen-bond acceptors (Lipinski definition) is 3. The summed E-state index contributed by atoms with van der Waals surface area (Å²) in [6.45, 7) is 6.77. The van der Waals surface area contributed by atoms with Crippen LogP contribution in [-0.4, -0.2) is 41.7 Å². The molecule has 1 saturated heterocycles. The number of nitrogens with zero attached hydrogens (tertiary/aromatic N) is 1. The highest BCUT2D eigenvalue weighted by molar-refractivity contribution is 7.99. The van der Waals surface area contributed by atoms with E-state index in [-0.39, 0.29) is 23.6 Å². The van der Waals surface area contributed by atoms with Gasteiger partial charge < -0.3 is 10.2 Å². The summed E-state index contributed by atoms with van der Waals surface area (Å²) in [5.74, 6) is 1.17. The second kappa shape index (κ2) is 8.55. The molecule has 112 valence electrons. The number of thioether (sulfide) groups is 1. The molecule has 0 spiro atoms. The molecule has 5 heteroatoms. The Balaban J connectivity index is 0.00000200. The fraction of sp³-hybridized carbons (Fsp3) is 0.533. The average molecular weight is 315 g/mol. The molecule has 1 aromatic rings. The summed E-state index contributed by atoms with van der Waals surface area (Å²) < 4.78 is 0. The van der Waals surface area contributed by atoms with Gasteiger partial charge in [0, 0.05) is 31.4 Å². The van der Waals surface area contributed by atoms with Gasteiger partial charge in [-0.05, 0) is 19.4 Å². The first-order chi connectivity index (χ1) is 9.18. The molecule has 2 atom stereocenters. The highest BCUT2D eigenvalue weighted by Crippen LogP contribution is 2.20. The number of benzene rings is 1. The highest BCUT2D eigenvalue weighted by Gasteiger charge is 2.26. The SMILES string of the molecule is CC(SCc1ccccc1)C(=O)N1CCNCC1C.Cl. The summed E-state index contributed by atoms with van der Waals surface area (Å²) in [6.07, 6.45) is 0. The van der Waals surface area contributed by atoms with Gasteiger partial charge in [-0.15, -0.1) is 24.2 Å². The van der Waals surface area contributed by atoms with Crippen molar-refractivity contribution in [3.05, 3.63) is 35.9 Å². The van der Waals surface area contributed by atoms with Crippen molar-refractivity contribution in [2.75, 3.05) is 19.6 Å². The summed E-state index contributed by atoms with van der Waals surface area (Å²) >= 11 is 1.72. The minimum atomic E-state index is 0. The molecule has 1 fully saturated rings. The van der Waals surface area contributed by atoms with E-state index >= 15 is 0 Å². The summed E-state index contributed by atoms with van der Waals surface area (Å²) in [6, 6.07) is 10.6. The zero-order valence-corrected chi connectivity index (χ0v) is 13.7. The van der Waals surface area contributed by atoms with Crippen molar-refractivity contribution in [2.45, 2.75) is 30.9 Å². The van der Waals surface area contributed by atoms with Gasteiger partial charge in [0.1, 0.15) is 0 Å². The quantitative estimate of drug-likeness (QED) is 0.927. The van der Waals surface area contributed by atoms with Crippen LogP contribution >= 0.6 is 24.2 Å². The van der Waals surface area contributed by atoms with Crippen LogP contribution in [0.3, 0.4) is 0 Å². The molecule has 0 aromatic heterocycles. The molecular formula is C15H23ClN2OS. The van der Waals surface area contributed by atoms with E-state index in [0.29, 0.717) is 6.04 Å². The maximum Gasteiger partial charge on any atom is 0.235 e. The van der Waals surface area contributed by atoms with Crippen LogP contribution in [0.4, 0.5) is 0 Å². The molecule has 0 saturated carbocycles. The zero-order valence-electron chi connectivity index (χ0n) is 12.0. The van der Waals surface area contributed by atoms with Gasteiger partial charge in [-0.1, -0.05) is 30.3 Å². The Morgan fingerprint density at radius 2 is 2.15 bits per heavy atom. The molecule has 20 heavy (non-hydrogen) atoms. The van der Waals surface area contributed by atoms with Crippen LogP contribution in [0.25, 0.3) is 0 Å². The molecule has 1 N–H and O–H groups in total. The first-order valence-electron chi connectivity index (χ1n) is 6.85. The van der Waals surface area contributed by atoms with E-state index in [1.165, 1.54) is 5.56 Å². The normalized spacial score (nSPS) is 20.1. The number of carbonyl (C=O) groups excluding carboxylic acids is 1. The van der Waals surface area contributed by atoms with Crippen molar-refractivity contribution in [2.24, 2.45) is 0 Å². The third kappa shape index (κ3) is 4.69. The monoisotopic (exact) mass is 314 g/mol. The van der Waals surface area contributed by atoms with Crippen LogP contribution in [0, 0.1) is 0 Å². The second-order valence-electron chi connectivity index (χ2n) is 5.02. The number of amides is 1. The molecule has 0 radical (unpaired) electrons. The number of piperazine rings is 1. The van der Waals surface area contributed by atoms with Crippen LogP contribution in [0.5, 0.6) is 0 Å². The van der Waals surface area contributed by atoms with Gasteiger partial charge in [-0.2, -0.15) is 0 Å². The topological polar surface area (TPSA) is 32.3 Å². The number of carbonyl (C=O) groups is 1. The Hall–Kier alpha value is -0.710. The van der Waals surface area contributed by atoms with Gasteiger partial charge in [0.05, 0.1) is 5.25 Å². The number of rotatable bonds is 4. The lowest BCUT2D eigenvalue weighted by molar-refractivity contribution is -0.133. The average Bonchev–Trinajstić information content (AvgIpc) is 2.45. The Morgan fingerprint density at radius 1 is 1.45 bits per heavy atom. The van der Waals surface area contributed by atoms with Crippen LogP contribution in [0.2, 0.25) is 0 Å². The van der Waals surface area contributed by atoms with Crippen molar-refractivity contribution in [1.82, 2.24) is 10.2 Å². The Kier molecular flexibility index (Phi) is 7.41. The molecular weight excluding hydrogens is 292 g/mol. The van der Waals surface area contributed by atoms with Gasteiger partial charge in [0.2, 0.25) is 5.91 Å². The van der Waals surface area contributed by atoms with E-state index in [0.717, 1.165) is 25.4 Å². The van der Waals surface area contributed by atoms with Gasteiger partial charge in [0.25, 0.3) is 0 Å². The van der Waals surface area contributed by atoms with E-state index in [1.807, 2.05) is 30.0 Å². The van der Waals surface area contributed by atoms with Crippen molar-refractivity contribution in [3.8, 4) is 0 Å². The van der Waals surface area contributed by atoms with Gasteiger partial charge in [-0.25, -0.2) is 0 Å². The lowest BCUT2D eigenvalue weighted by atomic mass is 10.2. The lowest BCUT2D eigenvalue weighted by Crippen LogP contribution is -2.54. The Morgan fingerprint density at radius 3 is 2.80 bits per heavy atom. The minimum absolute atomic E-state index is 0. The maximum absolute atomic E-state index is 12.4. The summed E-state index contributed by atoms with van der Waals surface area (Å²) in [7, 11) is 0. The second-order valence-corrected chi connectivity index (χ2v) is 6.35. The van der Waals surface area contributed by atoms with Crippen LogP contribution < -0.4 is 5.32 Å². The lowest BCUT2D eigenvalue weighted by Gasteiger charge is -2.35. The zero-order chi connectivity index (χ0) is 13.7. The van der Waals surface area contributed by atoms with E-state index in [2.05, 4.69) is 24.4 Å². The molecule has 1 aliphatic rings. The summed E-state index contributed by atoms with van der Waals surface area (Å²) in [5, 5.41) is 3.34. The largest absolute Gasteiger partial charge is 0.336 e. The fourth-order valence-corrected chi connectivity index (χ4v) is 3.18. The number of nitrogens with one attached hydrogen (secondary N) is 1. The van der Waals surface area contributed by atoms with E-state index in [1.54, 1.807) is 11.8 Å². The van der Waals surface area contributed by atoms with Gasteiger partial charge in [-0.3, -0.25) is 4.79 Å². The predicted molar refractivity (Wildman–Crippen MR) is 88.5 cm³/mol. The smallest absolute Gasteiger partial charge is 0.235 e. The molecule has 1 amide bonds. The Bertz CT molecular complexity index is 416. The fourth-order valence-electron chi connectivity index (χ4n) is 2.27. The third-order valence-corrected chi connectivity index (χ3v) is 4.68. The predicted octanol–water partition coefficient (Wildman–Crippen LogP) is 2.55. The van der Waals surface area contributed by atoms with Crippen molar-refractivity contribution in [3.63, 3.8) is 0 Å². The highest BCUT2D eigenvalue weighted by atomic mass is 35.5. The molecule has 0 aliphatic carbocycles. The number of hydrogen-bond donors (Lipinski definition) is 1.